The van der Waals surface area contributed by atoms with E-state index < -0.39 is 0 Å². The second-order valence-corrected chi connectivity index (χ2v) is 7.08. The van der Waals surface area contributed by atoms with E-state index in [1.54, 1.807) is 0 Å². The second kappa shape index (κ2) is 8.02. The van der Waals surface area contributed by atoms with Gasteiger partial charge in [-0.25, -0.2) is 5.10 Å². The molecule has 0 unspecified atom stereocenters. The van der Waals surface area contributed by atoms with Gasteiger partial charge in [0.05, 0.1) is 25.5 Å². The van der Waals surface area contributed by atoms with Gasteiger partial charge in [0.2, 0.25) is 5.91 Å². The van der Waals surface area contributed by atoms with E-state index in [0.29, 0.717) is 19.8 Å². The lowest BCUT2D eigenvalue weighted by Crippen LogP contribution is -2.41. The van der Waals surface area contributed by atoms with E-state index in [2.05, 4.69) is 20.4 Å². The first-order chi connectivity index (χ1) is 13.2. The molecule has 142 valence electrons. The van der Waals surface area contributed by atoms with Crippen LogP contribution in [0.5, 0.6) is 0 Å². The maximum Gasteiger partial charge on any atom is 0.267 e. The van der Waals surface area contributed by atoms with E-state index >= 15 is 0 Å². The first-order valence-electron chi connectivity index (χ1n) is 9.51. The highest BCUT2D eigenvalue weighted by molar-refractivity contribution is 5.93. The Morgan fingerprint density at radius 1 is 1.19 bits per heavy atom. The Hall–Kier alpha value is -2.51. The minimum atomic E-state index is -0.0802. The first kappa shape index (κ1) is 17.9. The summed E-state index contributed by atoms with van der Waals surface area (Å²) in [5, 5.41) is 9.90. The monoisotopic (exact) mass is 368 g/mol. The number of nitrogens with one attached hydrogen (secondary N) is 2. The predicted molar refractivity (Wildman–Crippen MR) is 103 cm³/mol. The fourth-order valence-corrected chi connectivity index (χ4v) is 3.80. The zero-order valence-corrected chi connectivity index (χ0v) is 15.3. The van der Waals surface area contributed by atoms with Crippen molar-refractivity contribution in [1.82, 2.24) is 15.1 Å². The molecular formula is C20H24N4O3. The van der Waals surface area contributed by atoms with Crippen LogP contribution in [0.3, 0.4) is 0 Å². The number of fused-ring (bicyclic) bond motifs is 1. The Balaban J connectivity index is 1.53. The van der Waals surface area contributed by atoms with Crippen molar-refractivity contribution >= 4 is 11.6 Å². The van der Waals surface area contributed by atoms with Crippen LogP contribution >= 0.6 is 0 Å². The van der Waals surface area contributed by atoms with Crippen molar-refractivity contribution in [3.63, 3.8) is 0 Å². The van der Waals surface area contributed by atoms with E-state index in [1.165, 1.54) is 0 Å². The largest absolute Gasteiger partial charge is 0.379 e. The van der Waals surface area contributed by atoms with Crippen molar-refractivity contribution in [2.24, 2.45) is 0 Å². The third kappa shape index (κ3) is 4.09. The highest BCUT2D eigenvalue weighted by atomic mass is 16.5. The highest BCUT2D eigenvalue weighted by Crippen LogP contribution is 2.29. The van der Waals surface area contributed by atoms with Crippen molar-refractivity contribution in [2.45, 2.75) is 25.7 Å². The zero-order valence-electron chi connectivity index (χ0n) is 15.3. The van der Waals surface area contributed by atoms with Crippen LogP contribution in [0.15, 0.2) is 29.1 Å². The molecule has 1 aromatic carbocycles. The van der Waals surface area contributed by atoms with Gasteiger partial charge in [0.15, 0.2) is 0 Å². The third-order valence-corrected chi connectivity index (χ3v) is 5.19. The minimum absolute atomic E-state index is 0.0366. The summed E-state index contributed by atoms with van der Waals surface area (Å²) in [5.41, 5.74) is 4.28. The molecule has 1 aliphatic carbocycles. The molecule has 1 aliphatic heterocycles. The van der Waals surface area contributed by atoms with Crippen LogP contribution in [0.2, 0.25) is 0 Å². The Bertz CT molecular complexity index is 887. The summed E-state index contributed by atoms with van der Waals surface area (Å²) in [4.78, 5) is 26.5. The van der Waals surface area contributed by atoms with Crippen molar-refractivity contribution in [2.75, 3.05) is 38.2 Å². The van der Waals surface area contributed by atoms with E-state index in [4.69, 9.17) is 4.74 Å². The normalized spacial score (nSPS) is 17.3. The van der Waals surface area contributed by atoms with Crippen LogP contribution in [0.1, 0.15) is 24.0 Å². The SMILES string of the molecule is O=C(CN1CCOCC1)Nc1cccc(-c2n[nH]c(=O)c3c2CCCC3)c1. The Morgan fingerprint density at radius 2 is 1.96 bits per heavy atom. The number of hydrogen-bond acceptors (Lipinski definition) is 5. The maximum absolute atomic E-state index is 12.3. The van der Waals surface area contributed by atoms with Crippen molar-refractivity contribution in [3.8, 4) is 11.3 Å². The molecule has 1 aromatic heterocycles. The molecular weight excluding hydrogens is 344 g/mol. The number of aromatic amines is 1. The highest BCUT2D eigenvalue weighted by Gasteiger charge is 2.19. The summed E-state index contributed by atoms with van der Waals surface area (Å²) >= 11 is 0. The number of carbonyl (C=O) groups excluding carboxylic acids is 1. The van der Waals surface area contributed by atoms with Gasteiger partial charge in [-0.05, 0) is 43.4 Å². The Labute approximate surface area is 157 Å². The number of morpholine rings is 1. The molecule has 2 aliphatic rings. The first-order valence-corrected chi connectivity index (χ1v) is 9.51. The van der Waals surface area contributed by atoms with Gasteiger partial charge in [0.25, 0.3) is 5.56 Å². The fraction of sp³-hybridized carbons (Fsp3) is 0.450. The number of nitrogens with zero attached hydrogens (tertiary/aromatic N) is 2. The minimum Gasteiger partial charge on any atom is -0.379 e. The summed E-state index contributed by atoms with van der Waals surface area (Å²) < 4.78 is 5.31. The summed E-state index contributed by atoms with van der Waals surface area (Å²) in [5.74, 6) is -0.0366. The van der Waals surface area contributed by atoms with Gasteiger partial charge in [-0.15, -0.1) is 0 Å². The van der Waals surface area contributed by atoms with Crippen LogP contribution in [0, 0.1) is 0 Å². The topological polar surface area (TPSA) is 87.3 Å². The maximum atomic E-state index is 12.3. The molecule has 0 atom stereocenters. The third-order valence-electron chi connectivity index (χ3n) is 5.19. The lowest BCUT2D eigenvalue weighted by atomic mass is 9.90. The number of aromatic nitrogens is 2. The number of benzene rings is 1. The lowest BCUT2D eigenvalue weighted by molar-refractivity contribution is -0.118. The van der Waals surface area contributed by atoms with E-state index in [0.717, 1.165) is 66.8 Å². The number of anilines is 1. The van der Waals surface area contributed by atoms with Gasteiger partial charge >= 0.3 is 0 Å². The molecule has 0 bridgehead atoms. The quantitative estimate of drug-likeness (QED) is 0.856. The van der Waals surface area contributed by atoms with Crippen LogP contribution in [-0.2, 0) is 22.4 Å². The van der Waals surface area contributed by atoms with Gasteiger partial charge < -0.3 is 10.1 Å². The number of ether oxygens (including phenoxy) is 1. The molecule has 0 saturated carbocycles. The van der Waals surface area contributed by atoms with Gasteiger partial charge in [0, 0.05) is 29.9 Å². The smallest absolute Gasteiger partial charge is 0.267 e. The summed E-state index contributed by atoms with van der Waals surface area (Å²) in [6.07, 6.45) is 3.78. The zero-order chi connectivity index (χ0) is 18.6. The number of amides is 1. The van der Waals surface area contributed by atoms with Gasteiger partial charge in [-0.2, -0.15) is 5.10 Å². The Morgan fingerprint density at radius 3 is 2.78 bits per heavy atom. The molecule has 1 saturated heterocycles. The fourth-order valence-electron chi connectivity index (χ4n) is 3.80. The van der Waals surface area contributed by atoms with E-state index in [-0.39, 0.29) is 11.5 Å². The standard InChI is InChI=1S/C20H24N4O3/c25-18(13-24-8-10-27-11-9-24)21-15-5-3-4-14(12-15)19-16-6-1-2-7-17(16)20(26)23-22-19/h3-5,12H,1-2,6-11,13H2,(H,21,25)(H,23,26). The molecule has 7 heteroatoms. The average molecular weight is 368 g/mol. The lowest BCUT2D eigenvalue weighted by Gasteiger charge is -2.25. The molecule has 0 spiro atoms. The van der Waals surface area contributed by atoms with Crippen molar-refractivity contribution in [3.05, 3.63) is 45.7 Å². The second-order valence-electron chi connectivity index (χ2n) is 7.08. The van der Waals surface area contributed by atoms with Crippen molar-refractivity contribution in [1.29, 1.82) is 0 Å². The molecule has 4 rings (SSSR count). The van der Waals surface area contributed by atoms with Crippen LogP contribution in [0.4, 0.5) is 5.69 Å². The van der Waals surface area contributed by atoms with Gasteiger partial charge in [-0.1, -0.05) is 12.1 Å². The summed E-state index contributed by atoms with van der Waals surface area (Å²) in [6, 6.07) is 7.67. The van der Waals surface area contributed by atoms with Crippen LogP contribution in [-0.4, -0.2) is 53.9 Å². The van der Waals surface area contributed by atoms with Crippen LogP contribution < -0.4 is 10.9 Å². The number of rotatable bonds is 4. The summed E-state index contributed by atoms with van der Waals surface area (Å²) in [6.45, 7) is 3.26. The molecule has 1 fully saturated rings. The molecule has 0 radical (unpaired) electrons. The summed E-state index contributed by atoms with van der Waals surface area (Å²) in [7, 11) is 0. The molecule has 1 amide bonds. The average Bonchev–Trinajstić information content (AvgIpc) is 2.69. The molecule has 2 heterocycles. The Kier molecular flexibility index (Phi) is 5.31. The van der Waals surface area contributed by atoms with E-state index in [1.807, 2.05) is 24.3 Å². The molecule has 2 N–H and O–H groups in total. The molecule has 27 heavy (non-hydrogen) atoms. The number of H-pyrrole nitrogens is 1. The van der Waals surface area contributed by atoms with Gasteiger partial charge in [0.1, 0.15) is 0 Å². The molecule has 2 aromatic rings. The van der Waals surface area contributed by atoms with Crippen molar-refractivity contribution < 1.29 is 9.53 Å². The predicted octanol–water partition coefficient (Wildman–Crippen LogP) is 1.59. The van der Waals surface area contributed by atoms with Crippen LogP contribution in [0.25, 0.3) is 11.3 Å². The molecule has 7 nitrogen and oxygen atoms in total. The van der Waals surface area contributed by atoms with Gasteiger partial charge in [-0.3, -0.25) is 14.5 Å². The number of carbonyl (C=O) groups is 1. The van der Waals surface area contributed by atoms with E-state index in [9.17, 15) is 9.59 Å². The number of hydrogen-bond donors (Lipinski definition) is 2.